The Labute approximate surface area is 97.3 Å². The number of rotatable bonds is 2. The standard InChI is InChI=1S/C13H9N3O/c17-8-9-1-2-11-12(7-9)16-13(15-11)10-3-5-14-6-4-10/h1-8H,(H,15,16). The number of aldehydes is 1. The molecule has 0 saturated carbocycles. The van der Waals surface area contributed by atoms with E-state index in [1.165, 1.54) is 0 Å². The van der Waals surface area contributed by atoms with E-state index in [2.05, 4.69) is 15.0 Å². The van der Waals surface area contributed by atoms with E-state index < -0.39 is 0 Å². The van der Waals surface area contributed by atoms with Crippen molar-refractivity contribution >= 4 is 17.3 Å². The zero-order valence-corrected chi connectivity index (χ0v) is 8.92. The second-order valence-corrected chi connectivity index (χ2v) is 3.72. The van der Waals surface area contributed by atoms with Crippen LogP contribution in [0.3, 0.4) is 0 Å². The molecule has 0 radical (unpaired) electrons. The number of nitrogens with one attached hydrogen (secondary N) is 1. The maximum absolute atomic E-state index is 10.7. The monoisotopic (exact) mass is 223 g/mol. The number of pyridine rings is 1. The van der Waals surface area contributed by atoms with Gasteiger partial charge in [0.15, 0.2) is 0 Å². The summed E-state index contributed by atoms with van der Waals surface area (Å²) in [5.74, 6) is 0.783. The summed E-state index contributed by atoms with van der Waals surface area (Å²) in [6, 6.07) is 9.17. The van der Waals surface area contributed by atoms with Gasteiger partial charge in [-0.2, -0.15) is 0 Å². The highest BCUT2D eigenvalue weighted by Crippen LogP contribution is 2.20. The van der Waals surface area contributed by atoms with Crippen LogP contribution in [0.2, 0.25) is 0 Å². The molecule has 0 atom stereocenters. The Hall–Kier alpha value is -2.49. The first-order valence-electron chi connectivity index (χ1n) is 5.22. The maximum atomic E-state index is 10.7. The van der Waals surface area contributed by atoms with Crippen molar-refractivity contribution in [3.8, 4) is 11.4 Å². The number of aromatic nitrogens is 3. The van der Waals surface area contributed by atoms with Gasteiger partial charge in [-0.15, -0.1) is 0 Å². The van der Waals surface area contributed by atoms with Crippen LogP contribution >= 0.6 is 0 Å². The number of fused-ring (bicyclic) bond motifs is 1. The minimum Gasteiger partial charge on any atom is -0.338 e. The number of carbonyl (C=O) groups excluding carboxylic acids is 1. The summed E-state index contributed by atoms with van der Waals surface area (Å²) in [5, 5.41) is 0. The van der Waals surface area contributed by atoms with Crippen LogP contribution in [-0.4, -0.2) is 21.2 Å². The molecule has 0 fully saturated rings. The summed E-state index contributed by atoms with van der Waals surface area (Å²) in [6.45, 7) is 0. The van der Waals surface area contributed by atoms with Crippen LogP contribution in [0.4, 0.5) is 0 Å². The molecule has 0 aliphatic carbocycles. The van der Waals surface area contributed by atoms with Crippen molar-refractivity contribution in [2.24, 2.45) is 0 Å². The number of hydrogen-bond donors (Lipinski definition) is 1. The lowest BCUT2D eigenvalue weighted by Crippen LogP contribution is -1.79. The van der Waals surface area contributed by atoms with Crippen molar-refractivity contribution in [2.45, 2.75) is 0 Å². The molecule has 0 spiro atoms. The first-order valence-corrected chi connectivity index (χ1v) is 5.22. The Balaban J connectivity index is 2.17. The van der Waals surface area contributed by atoms with Gasteiger partial charge in [-0.25, -0.2) is 4.98 Å². The molecule has 3 aromatic rings. The number of benzene rings is 1. The Morgan fingerprint density at radius 2 is 1.94 bits per heavy atom. The molecule has 82 valence electrons. The summed E-state index contributed by atoms with van der Waals surface area (Å²) >= 11 is 0. The summed E-state index contributed by atoms with van der Waals surface area (Å²) in [4.78, 5) is 22.3. The normalized spacial score (nSPS) is 10.6. The Bertz CT molecular complexity index is 673. The van der Waals surface area contributed by atoms with Gasteiger partial charge in [0.25, 0.3) is 0 Å². The molecule has 2 aromatic heterocycles. The second-order valence-electron chi connectivity index (χ2n) is 3.72. The van der Waals surface area contributed by atoms with E-state index >= 15 is 0 Å². The molecule has 0 saturated heterocycles. The van der Waals surface area contributed by atoms with Gasteiger partial charge >= 0.3 is 0 Å². The van der Waals surface area contributed by atoms with Gasteiger partial charge in [0.2, 0.25) is 0 Å². The summed E-state index contributed by atoms with van der Waals surface area (Å²) in [7, 11) is 0. The lowest BCUT2D eigenvalue weighted by Gasteiger charge is -1.92. The number of hydrogen-bond acceptors (Lipinski definition) is 3. The van der Waals surface area contributed by atoms with E-state index in [0.29, 0.717) is 5.56 Å². The molecule has 2 heterocycles. The Morgan fingerprint density at radius 1 is 1.12 bits per heavy atom. The van der Waals surface area contributed by atoms with Crippen LogP contribution in [0.15, 0.2) is 42.7 Å². The minimum atomic E-state index is 0.630. The van der Waals surface area contributed by atoms with Crippen LogP contribution in [0.25, 0.3) is 22.4 Å². The SMILES string of the molecule is O=Cc1ccc2[nH]c(-c3ccncc3)nc2c1. The molecule has 0 aliphatic heterocycles. The number of imidazole rings is 1. The molecule has 1 N–H and O–H groups in total. The van der Waals surface area contributed by atoms with Gasteiger partial charge in [0, 0.05) is 23.5 Å². The van der Waals surface area contributed by atoms with Gasteiger partial charge in [-0.1, -0.05) is 0 Å². The van der Waals surface area contributed by atoms with Crippen LogP contribution in [0.5, 0.6) is 0 Å². The fourth-order valence-corrected chi connectivity index (χ4v) is 1.74. The van der Waals surface area contributed by atoms with E-state index in [1.807, 2.05) is 18.2 Å². The van der Waals surface area contributed by atoms with E-state index in [1.54, 1.807) is 24.5 Å². The topological polar surface area (TPSA) is 58.6 Å². The van der Waals surface area contributed by atoms with Crippen LogP contribution in [-0.2, 0) is 0 Å². The number of aromatic amines is 1. The molecule has 0 aliphatic rings. The summed E-state index contributed by atoms with van der Waals surface area (Å²) < 4.78 is 0. The van der Waals surface area contributed by atoms with E-state index in [4.69, 9.17) is 0 Å². The molecule has 4 heteroatoms. The smallest absolute Gasteiger partial charge is 0.150 e. The van der Waals surface area contributed by atoms with Gasteiger partial charge in [-0.3, -0.25) is 9.78 Å². The molecule has 4 nitrogen and oxygen atoms in total. The predicted molar refractivity (Wildman–Crippen MR) is 64.7 cm³/mol. The lowest BCUT2D eigenvalue weighted by molar-refractivity contribution is 0.112. The largest absolute Gasteiger partial charge is 0.338 e. The maximum Gasteiger partial charge on any atom is 0.150 e. The average Bonchev–Trinajstić information content (AvgIpc) is 2.82. The fraction of sp³-hybridized carbons (Fsp3) is 0. The zero-order valence-electron chi connectivity index (χ0n) is 8.92. The second kappa shape index (κ2) is 3.83. The van der Waals surface area contributed by atoms with Gasteiger partial charge in [0.1, 0.15) is 12.1 Å². The van der Waals surface area contributed by atoms with E-state index in [9.17, 15) is 4.79 Å². The van der Waals surface area contributed by atoms with E-state index in [0.717, 1.165) is 28.7 Å². The molecule has 3 rings (SSSR count). The van der Waals surface area contributed by atoms with Crippen molar-refractivity contribution in [1.82, 2.24) is 15.0 Å². The van der Waals surface area contributed by atoms with Gasteiger partial charge in [-0.05, 0) is 30.3 Å². The third-order valence-corrected chi connectivity index (χ3v) is 2.60. The molecule has 0 amide bonds. The van der Waals surface area contributed by atoms with Crippen molar-refractivity contribution < 1.29 is 4.79 Å². The fourth-order valence-electron chi connectivity index (χ4n) is 1.74. The number of carbonyl (C=O) groups is 1. The number of H-pyrrole nitrogens is 1. The molecular weight excluding hydrogens is 214 g/mol. The highest BCUT2D eigenvalue weighted by atomic mass is 16.1. The quantitative estimate of drug-likeness (QED) is 0.679. The highest BCUT2D eigenvalue weighted by molar-refractivity contribution is 5.86. The van der Waals surface area contributed by atoms with Crippen LogP contribution < -0.4 is 0 Å². The highest BCUT2D eigenvalue weighted by Gasteiger charge is 2.05. The number of nitrogens with zero attached hydrogens (tertiary/aromatic N) is 2. The minimum absolute atomic E-state index is 0.630. The van der Waals surface area contributed by atoms with Crippen molar-refractivity contribution in [1.29, 1.82) is 0 Å². The molecule has 1 aromatic carbocycles. The lowest BCUT2D eigenvalue weighted by atomic mass is 10.2. The van der Waals surface area contributed by atoms with Gasteiger partial charge in [0.05, 0.1) is 11.0 Å². The first kappa shape index (κ1) is 9.72. The summed E-state index contributed by atoms with van der Waals surface area (Å²) in [5.41, 5.74) is 3.32. The first-order chi connectivity index (χ1) is 8.36. The third-order valence-electron chi connectivity index (χ3n) is 2.60. The predicted octanol–water partition coefficient (Wildman–Crippen LogP) is 2.44. The third kappa shape index (κ3) is 1.69. The van der Waals surface area contributed by atoms with Crippen molar-refractivity contribution in [2.75, 3.05) is 0 Å². The van der Waals surface area contributed by atoms with Gasteiger partial charge < -0.3 is 4.98 Å². The van der Waals surface area contributed by atoms with Crippen molar-refractivity contribution in [3.05, 3.63) is 48.3 Å². The zero-order chi connectivity index (χ0) is 11.7. The average molecular weight is 223 g/mol. The molecule has 0 unspecified atom stereocenters. The molecule has 0 bridgehead atoms. The molecular formula is C13H9N3O. The van der Waals surface area contributed by atoms with Crippen LogP contribution in [0, 0.1) is 0 Å². The van der Waals surface area contributed by atoms with Crippen LogP contribution in [0.1, 0.15) is 10.4 Å². The van der Waals surface area contributed by atoms with E-state index in [-0.39, 0.29) is 0 Å². The summed E-state index contributed by atoms with van der Waals surface area (Å²) in [6.07, 6.45) is 4.26. The van der Waals surface area contributed by atoms with Crippen molar-refractivity contribution in [3.63, 3.8) is 0 Å². The Morgan fingerprint density at radius 3 is 2.71 bits per heavy atom. The molecule has 17 heavy (non-hydrogen) atoms. The Kier molecular flexibility index (Phi) is 2.19.